The van der Waals surface area contributed by atoms with Gasteiger partial charge in [-0.2, -0.15) is 0 Å². The van der Waals surface area contributed by atoms with Gasteiger partial charge in [-0.05, 0) is 60.5 Å². The van der Waals surface area contributed by atoms with Crippen LogP contribution in [0.1, 0.15) is 34.0 Å². The van der Waals surface area contributed by atoms with Gasteiger partial charge in [0, 0.05) is 24.7 Å². The number of aromatic carboxylic acids is 1. The number of aromatic nitrogens is 3. The van der Waals surface area contributed by atoms with Crippen LogP contribution < -0.4 is 4.74 Å². The van der Waals surface area contributed by atoms with Gasteiger partial charge in [0.05, 0.1) is 41.5 Å². The lowest BCUT2D eigenvalue weighted by molar-refractivity contribution is -0.0591. The molecule has 1 fully saturated rings. The summed E-state index contributed by atoms with van der Waals surface area (Å²) in [5, 5.41) is 9.71. The van der Waals surface area contributed by atoms with Gasteiger partial charge in [-0.3, -0.25) is 4.90 Å². The van der Waals surface area contributed by atoms with Crippen LogP contribution in [0.3, 0.4) is 0 Å². The van der Waals surface area contributed by atoms with Crippen LogP contribution >= 0.6 is 11.6 Å². The smallest absolute Gasteiger partial charge is 0.335 e. The SMILES string of the molecule is O=C(O)c1ccc2nc(CN3CC=C(c4ccc(F)c(COc5ccc(Cl)cc5F)n4)C3)n(CC3CCO3)c2c1. The number of hydrogen-bond donors (Lipinski definition) is 1. The zero-order valence-corrected chi connectivity index (χ0v) is 22.1. The molecule has 0 aliphatic carbocycles. The molecule has 1 unspecified atom stereocenters. The number of pyridine rings is 1. The number of carboxylic acid groups (broad SMARTS) is 1. The number of carboxylic acids is 1. The van der Waals surface area contributed by atoms with Crippen LogP contribution in [-0.2, 0) is 24.4 Å². The van der Waals surface area contributed by atoms with Crippen LogP contribution in [0, 0.1) is 11.6 Å². The van der Waals surface area contributed by atoms with Crippen LogP contribution in [0.25, 0.3) is 16.6 Å². The third kappa shape index (κ3) is 5.42. The third-order valence-corrected chi connectivity index (χ3v) is 7.35. The number of imidazole rings is 1. The van der Waals surface area contributed by atoms with E-state index in [1.807, 2.05) is 10.6 Å². The molecule has 2 aromatic heterocycles. The van der Waals surface area contributed by atoms with Crippen molar-refractivity contribution in [3.8, 4) is 5.75 Å². The molecule has 0 bridgehead atoms. The molecule has 11 heteroatoms. The molecule has 0 spiro atoms. The zero-order chi connectivity index (χ0) is 27.8. The minimum absolute atomic E-state index is 0.0343. The van der Waals surface area contributed by atoms with E-state index < -0.39 is 17.6 Å². The molecular weight excluding hydrogens is 542 g/mol. The van der Waals surface area contributed by atoms with Crippen molar-refractivity contribution in [3.63, 3.8) is 0 Å². The summed E-state index contributed by atoms with van der Waals surface area (Å²) in [4.78, 5) is 23.0. The first kappa shape index (κ1) is 26.4. The Kier molecular flexibility index (Phi) is 7.22. The minimum Gasteiger partial charge on any atom is -0.484 e. The van der Waals surface area contributed by atoms with Crippen LogP contribution in [0.5, 0.6) is 5.75 Å². The summed E-state index contributed by atoms with van der Waals surface area (Å²) in [6.45, 7) is 2.81. The monoisotopic (exact) mass is 566 g/mol. The van der Waals surface area contributed by atoms with E-state index in [1.54, 1.807) is 24.3 Å². The maximum absolute atomic E-state index is 14.5. The van der Waals surface area contributed by atoms with Gasteiger partial charge in [0.1, 0.15) is 23.9 Å². The molecule has 4 aromatic rings. The van der Waals surface area contributed by atoms with Crippen molar-refractivity contribution in [2.24, 2.45) is 0 Å². The molecule has 4 heterocycles. The second-order valence-corrected chi connectivity index (χ2v) is 10.3. The van der Waals surface area contributed by atoms with Gasteiger partial charge in [0.2, 0.25) is 0 Å². The van der Waals surface area contributed by atoms with Gasteiger partial charge in [0.25, 0.3) is 0 Å². The quantitative estimate of drug-likeness (QED) is 0.293. The van der Waals surface area contributed by atoms with Crippen molar-refractivity contribution in [3.05, 3.63) is 94.0 Å². The topological polar surface area (TPSA) is 89.7 Å². The van der Waals surface area contributed by atoms with Crippen LogP contribution in [-0.4, -0.2) is 56.3 Å². The summed E-state index contributed by atoms with van der Waals surface area (Å²) in [5.41, 5.74) is 3.32. The first-order valence-electron chi connectivity index (χ1n) is 12.8. The largest absolute Gasteiger partial charge is 0.484 e. The first-order chi connectivity index (χ1) is 19.3. The Morgan fingerprint density at radius 1 is 1.12 bits per heavy atom. The molecule has 2 aliphatic heterocycles. The molecule has 40 heavy (non-hydrogen) atoms. The van der Waals surface area contributed by atoms with Gasteiger partial charge in [-0.25, -0.2) is 23.5 Å². The molecule has 2 aliphatic rings. The summed E-state index contributed by atoms with van der Waals surface area (Å²) in [7, 11) is 0. The molecule has 206 valence electrons. The van der Waals surface area contributed by atoms with E-state index in [4.69, 9.17) is 26.1 Å². The number of fused-ring (bicyclic) bond motifs is 1. The van der Waals surface area contributed by atoms with Gasteiger partial charge >= 0.3 is 5.97 Å². The van der Waals surface area contributed by atoms with E-state index in [9.17, 15) is 18.7 Å². The Hall–Kier alpha value is -3.86. The number of halogens is 3. The van der Waals surface area contributed by atoms with Crippen LogP contribution in [0.15, 0.2) is 54.6 Å². The molecule has 0 radical (unpaired) electrons. The number of ether oxygens (including phenoxy) is 2. The van der Waals surface area contributed by atoms with E-state index in [0.717, 1.165) is 41.5 Å². The van der Waals surface area contributed by atoms with E-state index in [0.29, 0.717) is 31.9 Å². The minimum atomic E-state index is -0.987. The Bertz CT molecular complexity index is 1640. The Labute approximate surface area is 233 Å². The van der Waals surface area contributed by atoms with Crippen molar-refractivity contribution in [2.75, 3.05) is 19.7 Å². The van der Waals surface area contributed by atoms with E-state index in [2.05, 4.69) is 9.88 Å². The van der Waals surface area contributed by atoms with Crippen LogP contribution in [0.4, 0.5) is 8.78 Å². The third-order valence-electron chi connectivity index (χ3n) is 7.11. The molecular formula is C29H25ClF2N4O4. The normalized spacial score (nSPS) is 17.2. The Balaban J connectivity index is 1.17. The van der Waals surface area contributed by atoms with Crippen molar-refractivity contribution >= 4 is 34.2 Å². The summed E-state index contributed by atoms with van der Waals surface area (Å²) in [5.74, 6) is -1.38. The summed E-state index contributed by atoms with van der Waals surface area (Å²) >= 11 is 5.78. The molecule has 1 atom stereocenters. The predicted octanol–water partition coefficient (Wildman–Crippen LogP) is 5.33. The fourth-order valence-corrected chi connectivity index (χ4v) is 5.04. The second-order valence-electron chi connectivity index (χ2n) is 9.82. The van der Waals surface area contributed by atoms with Crippen molar-refractivity contribution < 1.29 is 28.2 Å². The Morgan fingerprint density at radius 3 is 2.73 bits per heavy atom. The average molecular weight is 567 g/mol. The van der Waals surface area contributed by atoms with Crippen molar-refractivity contribution in [1.82, 2.24) is 19.4 Å². The molecule has 6 rings (SSSR count). The number of carbonyl (C=O) groups is 1. The molecule has 2 aromatic carbocycles. The van der Waals surface area contributed by atoms with Crippen LogP contribution in [0.2, 0.25) is 5.02 Å². The number of hydrogen-bond acceptors (Lipinski definition) is 6. The maximum Gasteiger partial charge on any atom is 0.335 e. The zero-order valence-electron chi connectivity index (χ0n) is 21.3. The lowest BCUT2D eigenvalue weighted by atomic mass is 10.1. The molecule has 0 saturated carbocycles. The standard InChI is InChI=1S/C29H25ClF2N4O4/c30-19-2-6-27(22(32)12-19)40-16-25-21(31)3-5-23(33-25)18-7-9-35(13-18)15-28-34-24-4-1-17(29(37)38)11-26(24)36(28)14-20-8-10-39-20/h1-7,11-12,20H,8-10,13-16H2,(H,37,38). The lowest BCUT2D eigenvalue weighted by Gasteiger charge is -2.28. The van der Waals surface area contributed by atoms with Crippen molar-refractivity contribution in [2.45, 2.75) is 32.2 Å². The molecule has 1 N–H and O–H groups in total. The summed E-state index contributed by atoms with van der Waals surface area (Å²) in [6, 6.07) is 11.9. The first-order valence-corrected chi connectivity index (χ1v) is 13.2. The highest BCUT2D eigenvalue weighted by Gasteiger charge is 2.25. The predicted molar refractivity (Wildman–Crippen MR) is 144 cm³/mol. The lowest BCUT2D eigenvalue weighted by Crippen LogP contribution is -2.32. The fourth-order valence-electron chi connectivity index (χ4n) is 4.88. The van der Waals surface area contributed by atoms with Gasteiger partial charge in [-0.1, -0.05) is 17.7 Å². The second kappa shape index (κ2) is 11.0. The van der Waals surface area contributed by atoms with Crippen molar-refractivity contribution in [1.29, 1.82) is 0 Å². The molecule has 8 nitrogen and oxygen atoms in total. The Morgan fingerprint density at radius 2 is 1.98 bits per heavy atom. The average Bonchev–Trinajstić information content (AvgIpc) is 3.50. The van der Waals surface area contributed by atoms with E-state index in [-0.39, 0.29) is 34.7 Å². The highest BCUT2D eigenvalue weighted by molar-refractivity contribution is 6.30. The van der Waals surface area contributed by atoms with Gasteiger partial charge in [-0.15, -0.1) is 0 Å². The highest BCUT2D eigenvalue weighted by Crippen LogP contribution is 2.27. The summed E-state index contributed by atoms with van der Waals surface area (Å²) in [6.07, 6.45) is 3.05. The van der Waals surface area contributed by atoms with Gasteiger partial charge < -0.3 is 19.1 Å². The number of benzene rings is 2. The summed E-state index contributed by atoms with van der Waals surface area (Å²) < 4.78 is 41.7. The molecule has 1 saturated heterocycles. The number of nitrogens with zero attached hydrogens (tertiary/aromatic N) is 4. The highest BCUT2D eigenvalue weighted by atomic mass is 35.5. The fraction of sp³-hybridized carbons (Fsp3) is 0.276. The van der Waals surface area contributed by atoms with E-state index >= 15 is 0 Å². The maximum atomic E-state index is 14.5. The van der Waals surface area contributed by atoms with E-state index in [1.165, 1.54) is 18.2 Å². The molecule has 0 amide bonds. The number of rotatable bonds is 9. The van der Waals surface area contributed by atoms with Gasteiger partial charge in [0.15, 0.2) is 11.6 Å².